The first kappa shape index (κ1) is 15.8. The summed E-state index contributed by atoms with van der Waals surface area (Å²) < 4.78 is 4.28. The highest BCUT2D eigenvalue weighted by molar-refractivity contribution is 5.83. The second-order valence-corrected chi connectivity index (χ2v) is 2.67. The molecule has 0 spiro atoms. The molecule has 0 aromatic rings. The lowest BCUT2D eigenvalue weighted by Crippen LogP contribution is -2.08. The van der Waals surface area contributed by atoms with Crippen LogP contribution in [0, 0.1) is 0 Å². The van der Waals surface area contributed by atoms with Gasteiger partial charge in [0.05, 0.1) is 0 Å². The third-order valence-corrected chi connectivity index (χ3v) is 1.05. The molecule has 0 amide bonds. The van der Waals surface area contributed by atoms with Gasteiger partial charge in [-0.2, -0.15) is 0 Å². The molecule has 0 unspecified atom stereocenters. The molecule has 0 rings (SSSR count). The summed E-state index contributed by atoms with van der Waals surface area (Å²) in [6.07, 6.45) is 3.47. The summed E-state index contributed by atoms with van der Waals surface area (Å²) in [6, 6.07) is 0. The van der Waals surface area contributed by atoms with Crippen molar-refractivity contribution in [2.75, 3.05) is 0 Å². The molecule has 0 aliphatic carbocycles. The highest BCUT2D eigenvalue weighted by Gasteiger charge is 2.03. The maximum atomic E-state index is 10.7. The number of ether oxygens (including phenoxy) is 1. The van der Waals surface area contributed by atoms with Crippen LogP contribution in [-0.2, 0) is 19.1 Å². The van der Waals surface area contributed by atoms with E-state index in [4.69, 9.17) is 9.90 Å². The van der Waals surface area contributed by atoms with E-state index in [1.165, 1.54) is 6.92 Å². The Balaban J connectivity index is 0. The minimum Gasteiger partial charge on any atom is -0.481 e. The molecule has 5 nitrogen and oxygen atoms in total. The topological polar surface area (TPSA) is 80.7 Å². The van der Waals surface area contributed by atoms with Crippen molar-refractivity contribution in [2.24, 2.45) is 0 Å². The van der Waals surface area contributed by atoms with Crippen LogP contribution >= 0.6 is 0 Å². The van der Waals surface area contributed by atoms with Crippen LogP contribution in [0.25, 0.3) is 0 Å². The highest BCUT2D eigenvalue weighted by atomic mass is 16.6. The smallest absolute Gasteiger partial charge is 0.313 e. The fourth-order valence-electron chi connectivity index (χ4n) is 0.602. The zero-order chi connectivity index (χ0) is 12.3. The number of carbonyl (C=O) groups is 3. The Labute approximate surface area is 88.7 Å². The van der Waals surface area contributed by atoms with Crippen LogP contribution < -0.4 is 0 Å². The number of allylic oxidation sites excluding steroid dienone is 1. The normalized spacial score (nSPS) is 8.13. The number of aliphatic carboxylic acids is 1. The van der Waals surface area contributed by atoms with Crippen molar-refractivity contribution in [3.05, 3.63) is 12.7 Å². The lowest BCUT2D eigenvalue weighted by Gasteiger charge is -1.96. The molecule has 0 radical (unpaired) electrons. The third kappa shape index (κ3) is 24.5. The number of carboxylic acid groups (broad SMARTS) is 1. The molecule has 86 valence electrons. The summed E-state index contributed by atoms with van der Waals surface area (Å²) in [6.45, 7) is 5.80. The van der Waals surface area contributed by atoms with Crippen LogP contribution in [0.4, 0.5) is 0 Å². The van der Waals surface area contributed by atoms with Gasteiger partial charge in [-0.25, -0.2) is 0 Å². The Bertz CT molecular complexity index is 228. The maximum absolute atomic E-state index is 10.7. The number of carboxylic acids is 1. The van der Waals surface area contributed by atoms with Gasteiger partial charge < -0.3 is 9.84 Å². The number of carbonyl (C=O) groups excluding carboxylic acids is 2. The Morgan fingerprint density at radius 1 is 1.33 bits per heavy atom. The van der Waals surface area contributed by atoms with Crippen LogP contribution in [0.1, 0.15) is 33.1 Å². The summed E-state index contributed by atoms with van der Waals surface area (Å²) in [5, 5.41) is 7.42. The number of unbranched alkanes of at least 4 members (excludes halogenated alkanes) is 1. The first-order chi connectivity index (χ1) is 6.90. The van der Waals surface area contributed by atoms with Crippen LogP contribution in [0.5, 0.6) is 0 Å². The number of hydrogen-bond donors (Lipinski definition) is 1. The predicted octanol–water partition coefficient (Wildman–Crippen LogP) is 1.52. The zero-order valence-electron chi connectivity index (χ0n) is 8.99. The van der Waals surface area contributed by atoms with Gasteiger partial charge in [0.15, 0.2) is 0 Å². The van der Waals surface area contributed by atoms with Crippen LogP contribution in [0.2, 0.25) is 0 Å². The number of rotatable bonds is 4. The standard InChI is InChI=1S/C8H12O3.C2H4O2/c1-3-4-5-6-8(10)11-7(2)9;1-2(3)4/h3H,1,4-6H2,2H3;1H3,(H,3,4). The first-order valence-electron chi connectivity index (χ1n) is 4.41. The maximum Gasteiger partial charge on any atom is 0.313 e. The predicted molar refractivity (Wildman–Crippen MR) is 54.1 cm³/mol. The molecule has 0 fully saturated rings. The van der Waals surface area contributed by atoms with Gasteiger partial charge in [0.25, 0.3) is 5.97 Å². The van der Waals surface area contributed by atoms with E-state index in [0.29, 0.717) is 6.42 Å². The summed E-state index contributed by atoms with van der Waals surface area (Å²) in [7, 11) is 0. The molecule has 0 aromatic heterocycles. The molecule has 5 heteroatoms. The molecule has 0 atom stereocenters. The lowest BCUT2D eigenvalue weighted by molar-refractivity contribution is -0.158. The largest absolute Gasteiger partial charge is 0.481 e. The van der Waals surface area contributed by atoms with Gasteiger partial charge in [-0.15, -0.1) is 6.58 Å². The van der Waals surface area contributed by atoms with Gasteiger partial charge in [-0.05, 0) is 12.8 Å². The number of hydrogen-bond acceptors (Lipinski definition) is 4. The summed E-state index contributed by atoms with van der Waals surface area (Å²) >= 11 is 0. The Kier molecular flexibility index (Phi) is 11.0. The van der Waals surface area contributed by atoms with Crippen molar-refractivity contribution in [2.45, 2.75) is 33.1 Å². The quantitative estimate of drug-likeness (QED) is 0.333. The second-order valence-electron chi connectivity index (χ2n) is 2.67. The van der Waals surface area contributed by atoms with E-state index in [0.717, 1.165) is 13.3 Å². The van der Waals surface area contributed by atoms with Crippen molar-refractivity contribution in [3.63, 3.8) is 0 Å². The Morgan fingerprint density at radius 3 is 2.13 bits per heavy atom. The van der Waals surface area contributed by atoms with E-state index in [2.05, 4.69) is 11.3 Å². The molecule has 0 saturated heterocycles. The molecule has 0 saturated carbocycles. The zero-order valence-corrected chi connectivity index (χ0v) is 8.99. The van der Waals surface area contributed by atoms with E-state index in [1.54, 1.807) is 6.08 Å². The van der Waals surface area contributed by atoms with Crippen molar-refractivity contribution in [3.8, 4) is 0 Å². The van der Waals surface area contributed by atoms with Crippen molar-refractivity contribution in [1.82, 2.24) is 0 Å². The average molecular weight is 216 g/mol. The van der Waals surface area contributed by atoms with E-state index in [-0.39, 0.29) is 6.42 Å². The molecule has 0 aromatic carbocycles. The summed E-state index contributed by atoms with van der Waals surface area (Å²) in [4.78, 5) is 29.9. The first-order valence-corrected chi connectivity index (χ1v) is 4.41. The van der Waals surface area contributed by atoms with Gasteiger partial charge in [0.1, 0.15) is 0 Å². The summed E-state index contributed by atoms with van der Waals surface area (Å²) in [5.41, 5.74) is 0. The van der Waals surface area contributed by atoms with Gasteiger partial charge in [-0.3, -0.25) is 14.4 Å². The van der Waals surface area contributed by atoms with Crippen molar-refractivity contribution in [1.29, 1.82) is 0 Å². The molecular weight excluding hydrogens is 200 g/mol. The average Bonchev–Trinajstić information content (AvgIpc) is 2.02. The lowest BCUT2D eigenvalue weighted by atomic mass is 10.2. The van der Waals surface area contributed by atoms with Gasteiger partial charge in [0, 0.05) is 20.3 Å². The Hall–Kier alpha value is -1.65. The van der Waals surface area contributed by atoms with Crippen LogP contribution in [0.3, 0.4) is 0 Å². The second kappa shape index (κ2) is 10.4. The minimum absolute atomic E-state index is 0.283. The van der Waals surface area contributed by atoms with E-state index in [9.17, 15) is 9.59 Å². The van der Waals surface area contributed by atoms with Crippen molar-refractivity contribution < 1.29 is 24.2 Å². The molecule has 1 N–H and O–H groups in total. The number of esters is 2. The molecule has 0 heterocycles. The fourth-order valence-corrected chi connectivity index (χ4v) is 0.602. The monoisotopic (exact) mass is 216 g/mol. The Morgan fingerprint density at radius 2 is 1.80 bits per heavy atom. The molecule has 0 aliphatic rings. The highest BCUT2D eigenvalue weighted by Crippen LogP contribution is 1.97. The molecule has 0 aliphatic heterocycles. The summed E-state index contributed by atoms with van der Waals surface area (Å²) in [5.74, 6) is -1.84. The minimum atomic E-state index is -0.833. The van der Waals surface area contributed by atoms with Crippen molar-refractivity contribution >= 4 is 17.9 Å². The molecular formula is C10H16O5. The molecule has 0 bridgehead atoms. The van der Waals surface area contributed by atoms with E-state index in [1.807, 2.05) is 0 Å². The SMILES string of the molecule is C=CCCCC(=O)OC(C)=O.CC(=O)O. The van der Waals surface area contributed by atoms with Gasteiger partial charge >= 0.3 is 11.9 Å². The fraction of sp³-hybridized carbons (Fsp3) is 0.500. The van der Waals surface area contributed by atoms with Crippen LogP contribution in [-0.4, -0.2) is 23.0 Å². The van der Waals surface area contributed by atoms with Crippen LogP contribution in [0.15, 0.2) is 12.7 Å². The van der Waals surface area contributed by atoms with E-state index >= 15 is 0 Å². The van der Waals surface area contributed by atoms with E-state index < -0.39 is 17.9 Å². The third-order valence-electron chi connectivity index (χ3n) is 1.05. The molecule has 15 heavy (non-hydrogen) atoms. The van der Waals surface area contributed by atoms with Gasteiger partial charge in [0.2, 0.25) is 0 Å². The van der Waals surface area contributed by atoms with Gasteiger partial charge in [-0.1, -0.05) is 6.08 Å².